The molecule has 4 aromatic rings. The highest BCUT2D eigenvalue weighted by molar-refractivity contribution is 6.42. The number of hydrogen-bond acceptors (Lipinski definition) is 5. The number of imidazole rings is 1. The summed E-state index contributed by atoms with van der Waals surface area (Å²) in [6, 6.07) is 11.0. The normalized spacial score (nSPS) is 15.1. The highest BCUT2D eigenvalue weighted by Crippen LogP contribution is 2.34. The molecule has 1 aliphatic heterocycles. The van der Waals surface area contributed by atoms with Crippen molar-refractivity contribution < 1.29 is 9.53 Å². The van der Waals surface area contributed by atoms with Gasteiger partial charge in [-0.3, -0.25) is 4.79 Å². The number of ether oxygens (including phenoxy) is 1. The second-order valence-electron chi connectivity index (χ2n) is 8.17. The van der Waals surface area contributed by atoms with Crippen LogP contribution in [0.25, 0.3) is 5.69 Å². The van der Waals surface area contributed by atoms with Gasteiger partial charge in [-0.1, -0.05) is 34.5 Å². The van der Waals surface area contributed by atoms with E-state index in [0.717, 1.165) is 41.9 Å². The van der Waals surface area contributed by atoms with Gasteiger partial charge < -0.3 is 14.6 Å². The Balaban J connectivity index is 1.40. The number of carbonyl (C=O) groups excluding carboxylic acids is 1. The second-order valence-corrected chi connectivity index (χ2v) is 8.99. The van der Waals surface area contributed by atoms with E-state index < -0.39 is 0 Å². The van der Waals surface area contributed by atoms with E-state index >= 15 is 0 Å². The van der Waals surface area contributed by atoms with E-state index in [1.165, 1.54) is 0 Å². The minimum atomic E-state index is -0.315. The van der Waals surface area contributed by atoms with E-state index in [0.29, 0.717) is 27.2 Å². The van der Waals surface area contributed by atoms with Crippen molar-refractivity contribution in [3.63, 3.8) is 0 Å². The van der Waals surface area contributed by atoms with Gasteiger partial charge in [-0.15, -0.1) is 5.10 Å². The van der Waals surface area contributed by atoms with Gasteiger partial charge in [0.05, 0.1) is 46.6 Å². The Morgan fingerprint density at radius 2 is 2.03 bits per heavy atom. The predicted octanol–water partition coefficient (Wildman–Crippen LogP) is 5.27. The number of hydrogen-bond donors (Lipinski definition) is 1. The van der Waals surface area contributed by atoms with Crippen LogP contribution < -0.4 is 10.1 Å². The number of nitrogens with one attached hydrogen (secondary N) is 1. The maximum absolute atomic E-state index is 13.1. The molecule has 2 aromatic carbocycles. The largest absolute Gasteiger partial charge is 0.494 e. The molecule has 0 fully saturated rings. The summed E-state index contributed by atoms with van der Waals surface area (Å²) >= 11 is 12.3. The number of fused-ring (bicyclic) bond motifs is 1. The first-order chi connectivity index (χ1) is 16.4. The standard InChI is InChI=1S/C24H22Cl2N6O2/c1-14-12-31(13-27-14)20-9-7-16(11-22(20)34-2)28-24(33)23-21-5-3-4-19(32(21)30-29-23)15-6-8-17(25)18(26)10-15/h6-13,19H,3-5H2,1-2H3,(H,28,33). The van der Waals surface area contributed by atoms with E-state index in [4.69, 9.17) is 27.9 Å². The van der Waals surface area contributed by atoms with Crippen LogP contribution in [0.1, 0.15) is 46.3 Å². The topological polar surface area (TPSA) is 86.9 Å². The summed E-state index contributed by atoms with van der Waals surface area (Å²) in [5, 5.41) is 12.5. The lowest BCUT2D eigenvalue weighted by molar-refractivity contribution is 0.102. The highest BCUT2D eigenvalue weighted by atomic mass is 35.5. The maximum atomic E-state index is 13.1. The van der Waals surface area contributed by atoms with E-state index in [1.807, 2.05) is 46.6 Å². The van der Waals surface area contributed by atoms with Crippen molar-refractivity contribution in [2.24, 2.45) is 0 Å². The summed E-state index contributed by atoms with van der Waals surface area (Å²) in [6.45, 7) is 1.92. The number of rotatable bonds is 5. The number of aromatic nitrogens is 5. The lowest BCUT2D eigenvalue weighted by Gasteiger charge is -2.24. The van der Waals surface area contributed by atoms with Crippen LogP contribution >= 0.6 is 23.2 Å². The quantitative estimate of drug-likeness (QED) is 0.406. The molecule has 174 valence electrons. The van der Waals surface area contributed by atoms with Crippen LogP contribution in [-0.4, -0.2) is 37.6 Å². The van der Waals surface area contributed by atoms with Crippen LogP contribution in [0.5, 0.6) is 5.75 Å². The third kappa shape index (κ3) is 4.15. The molecule has 1 atom stereocenters. The van der Waals surface area contributed by atoms with E-state index in [9.17, 15) is 4.79 Å². The third-order valence-electron chi connectivity index (χ3n) is 5.95. The van der Waals surface area contributed by atoms with Gasteiger partial charge >= 0.3 is 0 Å². The Kier molecular flexibility index (Phi) is 6.02. The predicted molar refractivity (Wildman–Crippen MR) is 130 cm³/mol. The number of anilines is 1. The highest BCUT2D eigenvalue weighted by Gasteiger charge is 2.29. The van der Waals surface area contributed by atoms with Gasteiger partial charge in [0.15, 0.2) is 5.69 Å². The van der Waals surface area contributed by atoms with Crippen LogP contribution in [0.2, 0.25) is 10.0 Å². The van der Waals surface area contributed by atoms with E-state index in [2.05, 4.69) is 20.6 Å². The summed E-state index contributed by atoms with van der Waals surface area (Å²) in [4.78, 5) is 17.4. The Morgan fingerprint density at radius 3 is 2.76 bits per heavy atom. The van der Waals surface area contributed by atoms with Crippen LogP contribution in [0.15, 0.2) is 48.9 Å². The zero-order chi connectivity index (χ0) is 23.8. The Morgan fingerprint density at radius 1 is 1.18 bits per heavy atom. The first-order valence-electron chi connectivity index (χ1n) is 10.8. The minimum Gasteiger partial charge on any atom is -0.494 e. The summed E-state index contributed by atoms with van der Waals surface area (Å²) in [5.74, 6) is 0.296. The van der Waals surface area contributed by atoms with Crippen LogP contribution in [0.3, 0.4) is 0 Å². The SMILES string of the molecule is COc1cc(NC(=O)c2nnn3c2CCCC3c2ccc(Cl)c(Cl)c2)ccc1-n1cnc(C)c1. The fourth-order valence-electron chi connectivity index (χ4n) is 4.30. The number of benzene rings is 2. The lowest BCUT2D eigenvalue weighted by Crippen LogP contribution is -2.22. The molecule has 0 aliphatic carbocycles. The lowest BCUT2D eigenvalue weighted by atomic mass is 9.96. The van der Waals surface area contributed by atoms with Gasteiger partial charge in [0.2, 0.25) is 0 Å². The number of aryl methyl sites for hydroxylation is 1. The fraction of sp³-hybridized carbons (Fsp3) is 0.250. The average molecular weight is 497 g/mol. The molecule has 2 aromatic heterocycles. The molecule has 0 spiro atoms. The van der Waals surface area contributed by atoms with Crippen molar-refractivity contribution >= 4 is 34.8 Å². The third-order valence-corrected chi connectivity index (χ3v) is 6.69. The van der Waals surface area contributed by atoms with Gasteiger partial charge in [0.25, 0.3) is 5.91 Å². The summed E-state index contributed by atoms with van der Waals surface area (Å²) in [7, 11) is 1.59. The summed E-state index contributed by atoms with van der Waals surface area (Å²) in [5.41, 5.74) is 4.43. The molecule has 8 nitrogen and oxygen atoms in total. The van der Waals surface area contributed by atoms with E-state index in [-0.39, 0.29) is 11.9 Å². The van der Waals surface area contributed by atoms with Crippen molar-refractivity contribution in [1.29, 1.82) is 0 Å². The van der Waals surface area contributed by atoms with Crippen LogP contribution in [0, 0.1) is 6.92 Å². The number of amides is 1. The number of nitrogens with zero attached hydrogens (tertiary/aromatic N) is 5. The van der Waals surface area contributed by atoms with Gasteiger partial charge in [-0.2, -0.15) is 0 Å². The van der Waals surface area contributed by atoms with Crippen molar-refractivity contribution in [1.82, 2.24) is 24.5 Å². The molecule has 0 saturated carbocycles. The molecule has 1 unspecified atom stereocenters. The first-order valence-corrected chi connectivity index (χ1v) is 11.6. The summed E-state index contributed by atoms with van der Waals surface area (Å²) in [6.07, 6.45) is 6.13. The summed E-state index contributed by atoms with van der Waals surface area (Å²) < 4.78 is 9.24. The molecule has 0 bridgehead atoms. The van der Waals surface area contributed by atoms with Crippen molar-refractivity contribution in [2.45, 2.75) is 32.2 Å². The van der Waals surface area contributed by atoms with Crippen LogP contribution in [0.4, 0.5) is 5.69 Å². The molecule has 3 heterocycles. The molecule has 0 saturated heterocycles. The molecular weight excluding hydrogens is 475 g/mol. The Labute approximate surface area is 206 Å². The number of methoxy groups -OCH3 is 1. The zero-order valence-corrected chi connectivity index (χ0v) is 20.1. The van der Waals surface area contributed by atoms with Gasteiger partial charge in [0.1, 0.15) is 5.75 Å². The molecular formula is C24H22Cl2N6O2. The zero-order valence-electron chi connectivity index (χ0n) is 18.6. The smallest absolute Gasteiger partial charge is 0.278 e. The number of halogens is 2. The van der Waals surface area contributed by atoms with Crippen molar-refractivity contribution in [3.8, 4) is 11.4 Å². The molecule has 34 heavy (non-hydrogen) atoms. The Bertz CT molecular complexity index is 1380. The van der Waals surface area contributed by atoms with Gasteiger partial charge in [-0.05, 0) is 56.0 Å². The molecule has 5 rings (SSSR count). The van der Waals surface area contributed by atoms with Gasteiger partial charge in [-0.25, -0.2) is 9.67 Å². The molecule has 10 heteroatoms. The van der Waals surface area contributed by atoms with Crippen molar-refractivity contribution in [3.05, 3.63) is 81.6 Å². The van der Waals surface area contributed by atoms with Crippen LogP contribution in [-0.2, 0) is 6.42 Å². The molecule has 1 aliphatic rings. The fourth-order valence-corrected chi connectivity index (χ4v) is 4.60. The first kappa shape index (κ1) is 22.4. The van der Waals surface area contributed by atoms with Crippen molar-refractivity contribution in [2.75, 3.05) is 12.4 Å². The average Bonchev–Trinajstić information content (AvgIpc) is 3.47. The molecule has 0 radical (unpaired) electrons. The minimum absolute atomic E-state index is 0.0504. The number of carbonyl (C=O) groups is 1. The van der Waals surface area contributed by atoms with E-state index in [1.54, 1.807) is 25.6 Å². The van der Waals surface area contributed by atoms with Gasteiger partial charge in [0, 0.05) is 18.0 Å². The maximum Gasteiger partial charge on any atom is 0.278 e. The molecule has 1 N–H and O–H groups in total. The monoisotopic (exact) mass is 496 g/mol. The second kappa shape index (κ2) is 9.12. The Hall–Kier alpha value is -3.36. The molecule has 1 amide bonds.